The number of hydrogen-bond donors (Lipinski definition) is 1. The Morgan fingerprint density at radius 3 is 2.34 bits per heavy atom. The largest absolute Gasteiger partial charge is 0.354 e. The lowest BCUT2D eigenvalue weighted by atomic mass is 10.1. The van der Waals surface area contributed by atoms with Crippen LogP contribution in [-0.2, 0) is 16.6 Å². The minimum Gasteiger partial charge on any atom is -0.354 e. The predicted molar refractivity (Wildman–Crippen MR) is 131 cm³/mol. The number of hydrogen-bond acceptors (Lipinski definition) is 5. The number of nitrogens with zero attached hydrogens (tertiary/aromatic N) is 2. The van der Waals surface area contributed by atoms with Crippen molar-refractivity contribution >= 4 is 33.2 Å². The Balaban J connectivity index is 1.27. The third-order valence-electron chi connectivity index (χ3n) is 6.24. The van der Waals surface area contributed by atoms with Gasteiger partial charge >= 0.3 is 0 Å². The van der Waals surface area contributed by atoms with Crippen LogP contribution in [0.25, 0.3) is 0 Å². The van der Waals surface area contributed by atoms with Gasteiger partial charge in [-0.05, 0) is 42.3 Å². The normalized spacial score (nSPS) is 17.8. The van der Waals surface area contributed by atoms with Crippen molar-refractivity contribution in [1.82, 2.24) is 9.21 Å². The first-order chi connectivity index (χ1) is 15.5. The SMILES string of the molecule is CC(c1ccc2c(c1)Nc1ccccc1S2)S(=O)(=O)N1CCN(Cc2ccccc2)CC1. The fourth-order valence-electron chi connectivity index (χ4n) is 4.29. The van der Waals surface area contributed by atoms with E-state index in [1.807, 2.05) is 54.6 Å². The number of para-hydroxylation sites is 1. The van der Waals surface area contributed by atoms with Crippen LogP contribution in [0.15, 0.2) is 82.6 Å². The molecule has 0 aromatic heterocycles. The van der Waals surface area contributed by atoms with Gasteiger partial charge in [-0.2, -0.15) is 4.31 Å². The van der Waals surface area contributed by atoms with Crippen molar-refractivity contribution in [3.05, 3.63) is 83.9 Å². The first kappa shape index (κ1) is 21.5. The predicted octanol–water partition coefficient (Wildman–Crippen LogP) is 5.10. The molecule has 1 atom stereocenters. The second-order valence-corrected chi connectivity index (χ2v) is 11.7. The van der Waals surface area contributed by atoms with E-state index in [4.69, 9.17) is 0 Å². The quantitative estimate of drug-likeness (QED) is 0.444. The van der Waals surface area contributed by atoms with Crippen LogP contribution >= 0.6 is 11.8 Å². The molecule has 0 bridgehead atoms. The fraction of sp³-hybridized carbons (Fsp3) is 0.280. The van der Waals surface area contributed by atoms with Crippen LogP contribution in [0.5, 0.6) is 0 Å². The molecule has 2 aliphatic rings. The van der Waals surface area contributed by atoms with Crippen molar-refractivity contribution in [3.63, 3.8) is 0 Å². The molecule has 0 aliphatic carbocycles. The lowest BCUT2D eigenvalue weighted by Gasteiger charge is -2.35. The second-order valence-electron chi connectivity index (χ2n) is 8.33. The Morgan fingerprint density at radius 1 is 0.875 bits per heavy atom. The number of sulfonamides is 1. The molecular formula is C25H27N3O2S2. The van der Waals surface area contributed by atoms with Crippen LogP contribution < -0.4 is 5.32 Å². The maximum atomic E-state index is 13.4. The number of anilines is 2. The van der Waals surface area contributed by atoms with Crippen LogP contribution in [0.4, 0.5) is 11.4 Å². The van der Waals surface area contributed by atoms with E-state index in [0.29, 0.717) is 13.1 Å². The zero-order valence-electron chi connectivity index (χ0n) is 18.1. The van der Waals surface area contributed by atoms with Crippen LogP contribution in [-0.4, -0.2) is 43.8 Å². The molecule has 166 valence electrons. The van der Waals surface area contributed by atoms with Crippen molar-refractivity contribution in [2.75, 3.05) is 31.5 Å². The van der Waals surface area contributed by atoms with Gasteiger partial charge < -0.3 is 5.32 Å². The minimum atomic E-state index is -3.43. The number of fused-ring (bicyclic) bond motifs is 2. The average Bonchev–Trinajstić information content (AvgIpc) is 2.83. The zero-order chi connectivity index (χ0) is 22.1. The lowest BCUT2D eigenvalue weighted by Crippen LogP contribution is -2.49. The van der Waals surface area contributed by atoms with Crippen LogP contribution in [0.3, 0.4) is 0 Å². The molecule has 0 saturated carbocycles. The summed E-state index contributed by atoms with van der Waals surface area (Å²) in [6.45, 7) is 5.23. The first-order valence-corrected chi connectivity index (χ1v) is 13.3. The zero-order valence-corrected chi connectivity index (χ0v) is 19.7. The lowest BCUT2D eigenvalue weighted by molar-refractivity contribution is 0.181. The molecule has 2 aliphatic heterocycles. The summed E-state index contributed by atoms with van der Waals surface area (Å²) in [6, 6.07) is 24.5. The number of benzene rings is 3. The Kier molecular flexibility index (Phi) is 5.99. The molecule has 3 aromatic carbocycles. The molecule has 1 fully saturated rings. The molecule has 0 radical (unpaired) electrons. The maximum Gasteiger partial charge on any atom is 0.220 e. The van der Waals surface area contributed by atoms with E-state index in [9.17, 15) is 8.42 Å². The van der Waals surface area contributed by atoms with Crippen molar-refractivity contribution in [1.29, 1.82) is 0 Å². The Labute approximate surface area is 194 Å². The smallest absolute Gasteiger partial charge is 0.220 e. The van der Waals surface area contributed by atoms with Crippen molar-refractivity contribution < 1.29 is 8.42 Å². The molecule has 5 nitrogen and oxygen atoms in total. The van der Waals surface area contributed by atoms with Gasteiger partial charge in [-0.3, -0.25) is 4.90 Å². The van der Waals surface area contributed by atoms with Crippen molar-refractivity contribution in [2.24, 2.45) is 0 Å². The van der Waals surface area contributed by atoms with E-state index >= 15 is 0 Å². The molecule has 2 heterocycles. The molecule has 32 heavy (non-hydrogen) atoms. The molecule has 7 heteroatoms. The van der Waals surface area contributed by atoms with Crippen LogP contribution in [0.2, 0.25) is 0 Å². The summed E-state index contributed by atoms with van der Waals surface area (Å²) in [5.74, 6) is 0. The van der Waals surface area contributed by atoms with Crippen LogP contribution in [0, 0.1) is 0 Å². The van der Waals surface area contributed by atoms with E-state index in [2.05, 4.69) is 28.4 Å². The summed E-state index contributed by atoms with van der Waals surface area (Å²) in [5.41, 5.74) is 4.12. The number of nitrogens with one attached hydrogen (secondary N) is 1. The number of rotatable bonds is 5. The monoisotopic (exact) mass is 465 g/mol. The van der Waals surface area contributed by atoms with Crippen molar-refractivity contribution in [2.45, 2.75) is 28.5 Å². The summed E-state index contributed by atoms with van der Waals surface area (Å²) < 4.78 is 28.5. The highest BCUT2D eigenvalue weighted by Gasteiger charge is 2.33. The average molecular weight is 466 g/mol. The molecule has 0 spiro atoms. The van der Waals surface area contributed by atoms with Gasteiger partial charge in [0.25, 0.3) is 0 Å². The standard InChI is InChI=1S/C25H27N3O2S2/c1-19(21-11-12-25-23(17-21)26-22-9-5-6-10-24(22)31-25)32(29,30)28-15-13-27(14-16-28)18-20-7-3-2-4-8-20/h2-12,17,19,26H,13-16,18H2,1H3. The van der Waals surface area contributed by atoms with Gasteiger partial charge in [0.2, 0.25) is 10.0 Å². The first-order valence-electron chi connectivity index (χ1n) is 10.9. The maximum absolute atomic E-state index is 13.4. The Morgan fingerprint density at radius 2 is 1.56 bits per heavy atom. The molecule has 5 rings (SSSR count). The van der Waals surface area contributed by atoms with Gasteiger partial charge in [0.15, 0.2) is 0 Å². The van der Waals surface area contributed by atoms with Gasteiger partial charge in [0, 0.05) is 42.5 Å². The van der Waals surface area contributed by atoms with E-state index in [-0.39, 0.29) is 0 Å². The van der Waals surface area contributed by atoms with Crippen molar-refractivity contribution in [3.8, 4) is 0 Å². The van der Waals surface area contributed by atoms with Gasteiger partial charge in [-0.15, -0.1) is 0 Å². The molecule has 1 saturated heterocycles. The summed E-state index contributed by atoms with van der Waals surface area (Å²) in [4.78, 5) is 4.62. The molecule has 1 N–H and O–H groups in total. The van der Waals surface area contributed by atoms with Gasteiger partial charge in [-0.25, -0.2) is 8.42 Å². The molecular weight excluding hydrogens is 438 g/mol. The Hall–Kier alpha value is -2.32. The molecule has 0 amide bonds. The van der Waals surface area contributed by atoms with Gasteiger partial charge in [0.05, 0.1) is 16.6 Å². The van der Waals surface area contributed by atoms with E-state index in [1.165, 1.54) is 10.5 Å². The summed E-state index contributed by atoms with van der Waals surface area (Å²) in [5, 5.41) is 2.87. The third kappa shape index (κ3) is 4.30. The summed E-state index contributed by atoms with van der Waals surface area (Å²) in [6.07, 6.45) is 0. The van der Waals surface area contributed by atoms with E-state index < -0.39 is 15.3 Å². The Bertz CT molecular complexity index is 1210. The fourth-order valence-corrected chi connectivity index (χ4v) is 6.87. The van der Waals surface area contributed by atoms with Crippen LogP contribution in [0.1, 0.15) is 23.3 Å². The number of piperazine rings is 1. The molecule has 1 unspecified atom stereocenters. The summed E-state index contributed by atoms with van der Waals surface area (Å²) in [7, 11) is -3.43. The highest BCUT2D eigenvalue weighted by atomic mass is 32.2. The topological polar surface area (TPSA) is 52.7 Å². The van der Waals surface area contributed by atoms with Gasteiger partial charge in [0.1, 0.15) is 0 Å². The summed E-state index contributed by atoms with van der Waals surface area (Å²) >= 11 is 1.71. The molecule has 3 aromatic rings. The second kappa shape index (κ2) is 8.90. The minimum absolute atomic E-state index is 0.534. The highest BCUT2D eigenvalue weighted by molar-refractivity contribution is 7.99. The third-order valence-corrected chi connectivity index (χ3v) is 9.64. The van der Waals surface area contributed by atoms with E-state index in [0.717, 1.165) is 41.5 Å². The van der Waals surface area contributed by atoms with Gasteiger partial charge in [-0.1, -0.05) is 60.3 Å². The highest BCUT2D eigenvalue weighted by Crippen LogP contribution is 2.45. The van der Waals surface area contributed by atoms with E-state index in [1.54, 1.807) is 23.0 Å².